The Kier molecular flexibility index (Phi) is 10.0. The molecule has 10 heteroatoms. The molecule has 1 atom stereocenters. The van der Waals surface area contributed by atoms with E-state index in [1.807, 2.05) is 33.8 Å². The lowest BCUT2D eigenvalue weighted by Crippen LogP contribution is -2.53. The zero-order valence-corrected chi connectivity index (χ0v) is 23.3. The molecule has 0 saturated heterocycles. The number of halogens is 2. The lowest BCUT2D eigenvalue weighted by Gasteiger charge is -2.33. The molecule has 2 aromatic rings. The van der Waals surface area contributed by atoms with E-state index in [0.29, 0.717) is 27.7 Å². The van der Waals surface area contributed by atoms with Crippen LogP contribution in [-0.4, -0.2) is 50.0 Å². The Balaban J connectivity index is 2.51. The fourth-order valence-corrected chi connectivity index (χ4v) is 4.96. The highest BCUT2D eigenvalue weighted by molar-refractivity contribution is 7.92. The van der Waals surface area contributed by atoms with Crippen LogP contribution in [0, 0.1) is 13.8 Å². The first-order valence-electron chi connectivity index (χ1n) is 11.3. The van der Waals surface area contributed by atoms with Gasteiger partial charge in [-0.15, -0.1) is 0 Å². The number of nitrogens with one attached hydrogen (secondary N) is 1. The van der Waals surface area contributed by atoms with Gasteiger partial charge in [0.2, 0.25) is 21.8 Å². The maximum atomic E-state index is 13.7. The van der Waals surface area contributed by atoms with Crippen molar-refractivity contribution in [3.63, 3.8) is 0 Å². The number of rotatable bonds is 10. The number of hydrogen-bond acceptors (Lipinski definition) is 4. The summed E-state index contributed by atoms with van der Waals surface area (Å²) in [4.78, 5) is 28.1. The first-order chi connectivity index (χ1) is 16.3. The van der Waals surface area contributed by atoms with Crippen molar-refractivity contribution in [2.45, 2.75) is 59.7 Å². The van der Waals surface area contributed by atoms with Crippen LogP contribution in [-0.2, 0) is 26.2 Å². The molecule has 2 rings (SSSR count). The smallest absolute Gasteiger partial charge is 0.244 e. The third kappa shape index (κ3) is 7.59. The number of aryl methyl sites for hydroxylation is 1. The fraction of sp³-hybridized carbons (Fsp3) is 0.440. The van der Waals surface area contributed by atoms with Crippen LogP contribution >= 0.6 is 23.2 Å². The van der Waals surface area contributed by atoms with E-state index in [0.717, 1.165) is 21.7 Å². The van der Waals surface area contributed by atoms with Crippen LogP contribution in [0.1, 0.15) is 43.9 Å². The average Bonchev–Trinajstić information content (AvgIpc) is 2.75. The van der Waals surface area contributed by atoms with Gasteiger partial charge in [0.05, 0.1) is 22.0 Å². The summed E-state index contributed by atoms with van der Waals surface area (Å²) in [5.74, 6) is -0.818. The van der Waals surface area contributed by atoms with Gasteiger partial charge in [0, 0.05) is 12.6 Å². The molecular formula is C25H33Cl2N3O4S. The molecule has 0 saturated carbocycles. The van der Waals surface area contributed by atoms with Gasteiger partial charge in [-0.2, -0.15) is 0 Å². The summed E-state index contributed by atoms with van der Waals surface area (Å²) < 4.78 is 26.6. The van der Waals surface area contributed by atoms with Gasteiger partial charge in [0.15, 0.2) is 0 Å². The molecule has 0 aliphatic rings. The molecule has 0 radical (unpaired) electrons. The third-order valence-electron chi connectivity index (χ3n) is 5.68. The molecule has 0 aliphatic carbocycles. The standard InChI is InChI=1S/C25H33Cl2N3O4S/c1-7-22(25(32)28-16(2)3)29(14-19-11-12-20(26)21(27)13-19)24(31)15-30(35(6,33)34)23-10-8-9-17(4)18(23)5/h8-13,16,22H,7,14-15H2,1-6H3,(H,28,32)/t22-/m1/s1. The molecule has 0 unspecified atom stereocenters. The highest BCUT2D eigenvalue weighted by atomic mass is 35.5. The molecule has 0 heterocycles. The molecule has 192 valence electrons. The average molecular weight is 543 g/mol. The molecular weight excluding hydrogens is 509 g/mol. The Morgan fingerprint density at radius 1 is 1.06 bits per heavy atom. The van der Waals surface area contributed by atoms with E-state index in [2.05, 4.69) is 5.32 Å². The monoisotopic (exact) mass is 541 g/mol. The third-order valence-corrected chi connectivity index (χ3v) is 7.54. The number of carbonyl (C=O) groups is 2. The molecule has 0 bridgehead atoms. The van der Waals surface area contributed by atoms with Crippen LogP contribution in [0.5, 0.6) is 0 Å². The van der Waals surface area contributed by atoms with E-state index in [1.165, 1.54) is 4.90 Å². The summed E-state index contributed by atoms with van der Waals surface area (Å²) in [6, 6.07) is 9.34. The maximum absolute atomic E-state index is 13.7. The summed E-state index contributed by atoms with van der Waals surface area (Å²) in [6.07, 6.45) is 1.40. The van der Waals surface area contributed by atoms with Crippen molar-refractivity contribution in [2.24, 2.45) is 0 Å². The predicted molar refractivity (Wildman–Crippen MR) is 142 cm³/mol. The number of hydrogen-bond donors (Lipinski definition) is 1. The summed E-state index contributed by atoms with van der Waals surface area (Å²) in [5, 5.41) is 3.55. The van der Waals surface area contributed by atoms with Crippen LogP contribution < -0.4 is 9.62 Å². The van der Waals surface area contributed by atoms with Crippen LogP contribution in [0.15, 0.2) is 36.4 Å². The van der Waals surface area contributed by atoms with Crippen molar-refractivity contribution in [3.8, 4) is 0 Å². The molecule has 35 heavy (non-hydrogen) atoms. The molecule has 2 amide bonds. The van der Waals surface area contributed by atoms with Gasteiger partial charge in [-0.3, -0.25) is 13.9 Å². The number of anilines is 1. The molecule has 0 aliphatic heterocycles. The van der Waals surface area contributed by atoms with Crippen molar-refractivity contribution in [1.82, 2.24) is 10.2 Å². The second kappa shape index (κ2) is 12.1. The van der Waals surface area contributed by atoms with Gasteiger partial charge in [0.25, 0.3) is 0 Å². The van der Waals surface area contributed by atoms with E-state index in [4.69, 9.17) is 23.2 Å². The van der Waals surface area contributed by atoms with Crippen LogP contribution in [0.25, 0.3) is 0 Å². The van der Waals surface area contributed by atoms with Gasteiger partial charge < -0.3 is 10.2 Å². The first kappa shape index (κ1) is 28.9. The fourth-order valence-electron chi connectivity index (χ4n) is 3.74. The SMILES string of the molecule is CC[C@H](C(=O)NC(C)C)N(Cc1ccc(Cl)c(Cl)c1)C(=O)CN(c1cccc(C)c1C)S(C)(=O)=O. The highest BCUT2D eigenvalue weighted by Gasteiger charge is 2.32. The van der Waals surface area contributed by atoms with Crippen molar-refractivity contribution in [3.05, 3.63) is 63.1 Å². The second-order valence-electron chi connectivity index (χ2n) is 8.85. The minimum absolute atomic E-state index is 0.0597. The normalized spacial score (nSPS) is 12.4. The number of sulfonamides is 1. The summed E-state index contributed by atoms with van der Waals surface area (Å²) >= 11 is 12.2. The molecule has 0 aromatic heterocycles. The van der Waals surface area contributed by atoms with E-state index < -0.39 is 28.5 Å². The molecule has 0 spiro atoms. The number of nitrogens with zero attached hydrogens (tertiary/aromatic N) is 2. The Morgan fingerprint density at radius 3 is 2.26 bits per heavy atom. The van der Waals surface area contributed by atoms with Crippen molar-refractivity contribution < 1.29 is 18.0 Å². The quantitative estimate of drug-likeness (QED) is 0.471. The van der Waals surface area contributed by atoms with Crippen LogP contribution in [0.2, 0.25) is 10.0 Å². The highest BCUT2D eigenvalue weighted by Crippen LogP contribution is 2.27. The maximum Gasteiger partial charge on any atom is 0.244 e. The number of carbonyl (C=O) groups excluding carboxylic acids is 2. The number of amides is 2. The summed E-state index contributed by atoms with van der Waals surface area (Å²) in [5.41, 5.74) is 2.75. The first-order valence-corrected chi connectivity index (χ1v) is 13.9. The minimum atomic E-state index is -3.80. The Labute approximate surface area is 218 Å². The lowest BCUT2D eigenvalue weighted by atomic mass is 10.1. The van der Waals surface area contributed by atoms with Gasteiger partial charge in [-0.05, 0) is 69.0 Å². The van der Waals surface area contributed by atoms with Gasteiger partial charge in [-0.1, -0.05) is 48.3 Å². The van der Waals surface area contributed by atoms with Crippen LogP contribution in [0.4, 0.5) is 5.69 Å². The molecule has 0 fully saturated rings. The van der Waals surface area contributed by atoms with Gasteiger partial charge >= 0.3 is 0 Å². The topological polar surface area (TPSA) is 86.8 Å². The predicted octanol–water partition coefficient (Wildman–Crippen LogP) is 4.71. The Morgan fingerprint density at radius 2 is 1.71 bits per heavy atom. The zero-order chi connectivity index (χ0) is 26.5. The second-order valence-corrected chi connectivity index (χ2v) is 11.6. The van der Waals surface area contributed by atoms with Crippen molar-refractivity contribution in [1.29, 1.82) is 0 Å². The Bertz CT molecular complexity index is 1190. The van der Waals surface area contributed by atoms with Crippen LogP contribution in [0.3, 0.4) is 0 Å². The summed E-state index contributed by atoms with van der Waals surface area (Å²) in [7, 11) is -3.80. The van der Waals surface area contributed by atoms with Crippen molar-refractivity contribution >= 4 is 50.7 Å². The van der Waals surface area contributed by atoms with E-state index in [1.54, 1.807) is 37.3 Å². The van der Waals surface area contributed by atoms with Crippen molar-refractivity contribution in [2.75, 3.05) is 17.1 Å². The van der Waals surface area contributed by atoms with Gasteiger partial charge in [0.1, 0.15) is 12.6 Å². The Hall–Kier alpha value is -2.29. The van der Waals surface area contributed by atoms with E-state index >= 15 is 0 Å². The van der Waals surface area contributed by atoms with E-state index in [-0.39, 0.29) is 18.5 Å². The molecule has 1 N–H and O–H groups in total. The summed E-state index contributed by atoms with van der Waals surface area (Å²) in [6.45, 7) is 8.77. The zero-order valence-electron chi connectivity index (χ0n) is 20.9. The molecule has 2 aromatic carbocycles. The number of benzene rings is 2. The largest absolute Gasteiger partial charge is 0.352 e. The lowest BCUT2D eigenvalue weighted by molar-refractivity contribution is -0.140. The van der Waals surface area contributed by atoms with Gasteiger partial charge in [-0.25, -0.2) is 8.42 Å². The minimum Gasteiger partial charge on any atom is -0.352 e. The molecule has 7 nitrogen and oxygen atoms in total. The van der Waals surface area contributed by atoms with E-state index in [9.17, 15) is 18.0 Å².